The van der Waals surface area contributed by atoms with Gasteiger partial charge in [-0.2, -0.15) is 0 Å². The maximum Gasteiger partial charge on any atom is 0.0540 e. The highest BCUT2D eigenvalue weighted by Crippen LogP contribution is 2.43. The van der Waals surface area contributed by atoms with E-state index in [4.69, 9.17) is 0 Å². The summed E-state index contributed by atoms with van der Waals surface area (Å²) in [5.74, 6) is 0.515. The van der Waals surface area contributed by atoms with E-state index in [-0.39, 0.29) is 11.8 Å². The van der Waals surface area contributed by atoms with Crippen molar-refractivity contribution in [2.45, 2.75) is 12.8 Å². The number of nitrogens with zero attached hydrogens (tertiary/aromatic N) is 2. The molecule has 0 radical (unpaired) electrons. The third kappa shape index (κ3) is 6.17. The van der Waals surface area contributed by atoms with Gasteiger partial charge in [0, 0.05) is 39.4 Å². The van der Waals surface area contributed by atoms with Gasteiger partial charge in [-0.25, -0.2) is 0 Å². The molecule has 0 aromatic heterocycles. The molecule has 0 spiro atoms. The van der Waals surface area contributed by atoms with Crippen molar-refractivity contribution in [2.75, 3.05) is 9.80 Å². The molecule has 7 aromatic rings. The first-order valence-electron chi connectivity index (χ1n) is 17.6. The first-order chi connectivity index (χ1) is 25.1. The lowest BCUT2D eigenvalue weighted by molar-refractivity contribution is 0.628. The molecule has 0 saturated carbocycles. The molecule has 0 fully saturated rings. The van der Waals surface area contributed by atoms with Crippen LogP contribution in [0.1, 0.15) is 29.5 Å². The molecule has 0 bridgehead atoms. The van der Waals surface area contributed by atoms with Crippen LogP contribution in [0.5, 0.6) is 0 Å². The Balaban J connectivity index is 1.15. The Labute approximate surface area is 301 Å². The standard InChI is InChI=1S/C49H40N2/c1-4-36-14-10-20-42(33-36)50(48-24-12-18-38-16-6-8-22-46(38)48)41-28-26-40(27-29-41)45-31-30-44(32-35(45)3)51(43-21-11-15-37(5-2)34-43)49-25-13-19-39-17-7-9-23-47(39)49/h4-35,45H,1-2H2,3H3. The van der Waals surface area contributed by atoms with Crippen molar-refractivity contribution in [3.05, 3.63) is 211 Å². The third-order valence-corrected chi connectivity index (χ3v) is 10.0. The molecule has 0 N–H and O–H groups in total. The molecule has 7 aromatic carbocycles. The molecule has 2 atom stereocenters. The number of hydrogen-bond donors (Lipinski definition) is 0. The molecule has 2 nitrogen and oxygen atoms in total. The van der Waals surface area contributed by atoms with E-state index in [1.165, 1.54) is 27.1 Å². The number of allylic oxidation sites excluding steroid dienone is 3. The average Bonchev–Trinajstić information content (AvgIpc) is 3.19. The fraction of sp³-hybridized carbons (Fsp3) is 0.0612. The third-order valence-electron chi connectivity index (χ3n) is 10.0. The van der Waals surface area contributed by atoms with Gasteiger partial charge in [-0.3, -0.25) is 0 Å². The van der Waals surface area contributed by atoms with Crippen LogP contribution in [0.2, 0.25) is 0 Å². The number of rotatable bonds is 9. The predicted molar refractivity (Wildman–Crippen MR) is 220 cm³/mol. The summed E-state index contributed by atoms with van der Waals surface area (Å²) in [5, 5.41) is 4.87. The minimum Gasteiger partial charge on any atom is -0.310 e. The first kappa shape index (κ1) is 31.9. The van der Waals surface area contributed by atoms with Gasteiger partial charge in [0.15, 0.2) is 0 Å². The monoisotopic (exact) mass is 656 g/mol. The highest BCUT2D eigenvalue weighted by atomic mass is 15.2. The largest absolute Gasteiger partial charge is 0.310 e. The van der Waals surface area contributed by atoms with Crippen LogP contribution in [0.4, 0.5) is 28.4 Å². The molecule has 0 saturated heterocycles. The van der Waals surface area contributed by atoms with Gasteiger partial charge in [0.1, 0.15) is 0 Å². The summed E-state index contributed by atoms with van der Waals surface area (Å²) in [6.45, 7) is 10.4. The Bertz CT molecular complexity index is 2440. The van der Waals surface area contributed by atoms with Crippen molar-refractivity contribution in [1.29, 1.82) is 0 Å². The average molecular weight is 657 g/mol. The second kappa shape index (κ2) is 13.9. The van der Waals surface area contributed by atoms with Crippen LogP contribution in [0.15, 0.2) is 195 Å². The van der Waals surface area contributed by atoms with Crippen LogP contribution < -0.4 is 9.80 Å². The van der Waals surface area contributed by atoms with Crippen LogP contribution in [-0.2, 0) is 0 Å². The van der Waals surface area contributed by atoms with Crippen LogP contribution in [0.3, 0.4) is 0 Å². The van der Waals surface area contributed by atoms with Crippen molar-refractivity contribution >= 4 is 62.1 Å². The molecule has 1 aliphatic carbocycles. The lowest BCUT2D eigenvalue weighted by Crippen LogP contribution is -2.20. The Morgan fingerprint density at radius 2 is 1.02 bits per heavy atom. The maximum atomic E-state index is 4.04. The van der Waals surface area contributed by atoms with E-state index in [1.807, 2.05) is 12.2 Å². The SMILES string of the molecule is C=Cc1cccc(N(C2=CC(C)C(c3ccc(N(c4cccc(C=C)c4)c4cccc5ccccc45)cc3)C=C2)c2cccc3ccccc23)c1. The first-order valence-corrected chi connectivity index (χ1v) is 17.6. The van der Waals surface area contributed by atoms with E-state index in [0.717, 1.165) is 45.3 Å². The molecule has 0 aliphatic heterocycles. The quantitative estimate of drug-likeness (QED) is 0.153. The van der Waals surface area contributed by atoms with Crippen molar-refractivity contribution < 1.29 is 0 Å². The Hall–Kier alpha value is -6.38. The highest BCUT2D eigenvalue weighted by molar-refractivity contribution is 5.99. The second-order valence-corrected chi connectivity index (χ2v) is 13.2. The van der Waals surface area contributed by atoms with E-state index < -0.39 is 0 Å². The van der Waals surface area contributed by atoms with E-state index in [0.29, 0.717) is 0 Å². The molecular weight excluding hydrogens is 617 g/mol. The summed E-state index contributed by atoms with van der Waals surface area (Å²) in [4.78, 5) is 4.75. The Morgan fingerprint density at radius 3 is 1.59 bits per heavy atom. The predicted octanol–water partition coefficient (Wildman–Crippen LogP) is 13.8. The summed E-state index contributed by atoms with van der Waals surface area (Å²) in [6, 6.07) is 56.6. The number of benzene rings is 7. The lowest BCUT2D eigenvalue weighted by Gasteiger charge is -2.32. The normalized spacial score (nSPS) is 15.4. The van der Waals surface area contributed by atoms with Crippen LogP contribution in [0.25, 0.3) is 33.7 Å². The summed E-state index contributed by atoms with van der Waals surface area (Å²) in [5.41, 5.74) is 10.3. The van der Waals surface area contributed by atoms with Gasteiger partial charge in [0.05, 0.1) is 11.4 Å². The molecule has 2 heteroatoms. The molecule has 0 amide bonds. The zero-order chi connectivity index (χ0) is 34.7. The van der Waals surface area contributed by atoms with Crippen LogP contribution in [-0.4, -0.2) is 0 Å². The van der Waals surface area contributed by atoms with E-state index in [2.05, 4.69) is 206 Å². The molecular formula is C49H40N2. The van der Waals surface area contributed by atoms with Crippen molar-refractivity contribution in [2.24, 2.45) is 5.92 Å². The zero-order valence-electron chi connectivity index (χ0n) is 28.9. The molecule has 1 aliphatic rings. The molecule has 0 heterocycles. The zero-order valence-corrected chi connectivity index (χ0v) is 28.9. The van der Waals surface area contributed by atoms with Gasteiger partial charge < -0.3 is 9.80 Å². The van der Waals surface area contributed by atoms with Crippen LogP contribution in [0, 0.1) is 5.92 Å². The minimum atomic E-state index is 0.242. The summed E-state index contributed by atoms with van der Waals surface area (Å²) >= 11 is 0. The van der Waals surface area contributed by atoms with E-state index in [1.54, 1.807) is 0 Å². The molecule has 246 valence electrons. The fourth-order valence-corrected chi connectivity index (χ4v) is 7.46. The maximum absolute atomic E-state index is 4.04. The number of anilines is 5. The molecule has 2 unspecified atom stereocenters. The minimum absolute atomic E-state index is 0.242. The lowest BCUT2D eigenvalue weighted by atomic mass is 9.83. The van der Waals surface area contributed by atoms with Crippen molar-refractivity contribution in [3.8, 4) is 0 Å². The van der Waals surface area contributed by atoms with E-state index in [9.17, 15) is 0 Å². The fourth-order valence-electron chi connectivity index (χ4n) is 7.46. The second-order valence-electron chi connectivity index (χ2n) is 13.2. The van der Waals surface area contributed by atoms with Gasteiger partial charge in [-0.05, 0) is 88.0 Å². The summed E-state index contributed by atoms with van der Waals surface area (Å²) < 4.78 is 0. The molecule has 8 rings (SSSR count). The van der Waals surface area contributed by atoms with Crippen LogP contribution >= 0.6 is 0 Å². The van der Waals surface area contributed by atoms with Gasteiger partial charge in [0.25, 0.3) is 0 Å². The number of hydrogen-bond acceptors (Lipinski definition) is 2. The van der Waals surface area contributed by atoms with Gasteiger partial charge in [0.2, 0.25) is 0 Å². The van der Waals surface area contributed by atoms with Gasteiger partial charge >= 0.3 is 0 Å². The van der Waals surface area contributed by atoms with Crippen molar-refractivity contribution in [3.63, 3.8) is 0 Å². The summed E-state index contributed by atoms with van der Waals surface area (Å²) in [6.07, 6.45) is 10.9. The topological polar surface area (TPSA) is 6.48 Å². The molecule has 51 heavy (non-hydrogen) atoms. The number of fused-ring (bicyclic) bond motifs is 2. The van der Waals surface area contributed by atoms with Gasteiger partial charge in [-0.1, -0.05) is 154 Å². The highest BCUT2D eigenvalue weighted by Gasteiger charge is 2.24. The van der Waals surface area contributed by atoms with Crippen molar-refractivity contribution in [1.82, 2.24) is 0 Å². The smallest absolute Gasteiger partial charge is 0.0540 e. The van der Waals surface area contributed by atoms with Gasteiger partial charge in [-0.15, -0.1) is 0 Å². The summed E-state index contributed by atoms with van der Waals surface area (Å²) in [7, 11) is 0. The Kier molecular flexibility index (Phi) is 8.66. The van der Waals surface area contributed by atoms with E-state index >= 15 is 0 Å². The Morgan fingerprint density at radius 1 is 0.510 bits per heavy atom.